The maximum atomic E-state index is 3.50. The SMILES string of the molecule is CCCc1ccc(-c2ccc3c(c2)NCCC3)cc1. The monoisotopic (exact) mass is 251 g/mol. The molecule has 2 aromatic rings. The molecular weight excluding hydrogens is 230 g/mol. The van der Waals surface area contributed by atoms with Crippen LogP contribution >= 0.6 is 0 Å². The number of aryl methyl sites for hydroxylation is 2. The van der Waals surface area contributed by atoms with Crippen LogP contribution in [-0.2, 0) is 12.8 Å². The van der Waals surface area contributed by atoms with Crippen LogP contribution in [0, 0.1) is 0 Å². The van der Waals surface area contributed by atoms with Crippen LogP contribution in [0.1, 0.15) is 30.9 Å². The fraction of sp³-hybridized carbons (Fsp3) is 0.333. The summed E-state index contributed by atoms with van der Waals surface area (Å²) in [6.45, 7) is 3.33. The highest BCUT2D eigenvalue weighted by atomic mass is 14.9. The highest BCUT2D eigenvalue weighted by Gasteiger charge is 2.09. The highest BCUT2D eigenvalue weighted by molar-refractivity contribution is 5.70. The summed E-state index contributed by atoms with van der Waals surface area (Å²) >= 11 is 0. The van der Waals surface area contributed by atoms with E-state index in [4.69, 9.17) is 0 Å². The zero-order valence-electron chi connectivity index (χ0n) is 11.6. The van der Waals surface area contributed by atoms with Gasteiger partial charge in [-0.25, -0.2) is 0 Å². The first-order valence-corrected chi connectivity index (χ1v) is 7.33. The molecule has 1 aliphatic rings. The molecule has 1 N–H and O–H groups in total. The van der Waals surface area contributed by atoms with E-state index < -0.39 is 0 Å². The van der Waals surface area contributed by atoms with Crippen molar-refractivity contribution < 1.29 is 0 Å². The molecule has 0 spiro atoms. The maximum absolute atomic E-state index is 3.50. The number of anilines is 1. The number of hydrogen-bond donors (Lipinski definition) is 1. The number of rotatable bonds is 3. The Morgan fingerprint density at radius 3 is 2.58 bits per heavy atom. The average Bonchev–Trinajstić information content (AvgIpc) is 2.48. The Labute approximate surface area is 115 Å². The maximum Gasteiger partial charge on any atom is 0.0378 e. The van der Waals surface area contributed by atoms with E-state index in [2.05, 4.69) is 54.7 Å². The molecular formula is C18H21N. The molecule has 0 fully saturated rings. The Morgan fingerprint density at radius 2 is 1.79 bits per heavy atom. The molecule has 0 aliphatic carbocycles. The summed E-state index contributed by atoms with van der Waals surface area (Å²) in [5.74, 6) is 0. The van der Waals surface area contributed by atoms with E-state index in [0.717, 1.165) is 6.54 Å². The van der Waals surface area contributed by atoms with Gasteiger partial charge in [0.15, 0.2) is 0 Å². The Morgan fingerprint density at radius 1 is 1.00 bits per heavy atom. The third-order valence-corrected chi connectivity index (χ3v) is 3.87. The van der Waals surface area contributed by atoms with Crippen LogP contribution in [-0.4, -0.2) is 6.54 Å². The fourth-order valence-electron chi connectivity index (χ4n) is 2.79. The van der Waals surface area contributed by atoms with Gasteiger partial charge in [0.2, 0.25) is 0 Å². The van der Waals surface area contributed by atoms with Crippen molar-refractivity contribution in [2.45, 2.75) is 32.6 Å². The van der Waals surface area contributed by atoms with Gasteiger partial charge in [-0.05, 0) is 47.6 Å². The lowest BCUT2D eigenvalue weighted by atomic mass is 9.97. The van der Waals surface area contributed by atoms with E-state index in [0.29, 0.717) is 0 Å². The molecule has 0 unspecified atom stereocenters. The lowest BCUT2D eigenvalue weighted by molar-refractivity contribution is 0.830. The molecule has 0 atom stereocenters. The minimum Gasteiger partial charge on any atom is -0.385 e. The zero-order valence-corrected chi connectivity index (χ0v) is 11.6. The Bertz CT molecular complexity index is 554. The second kappa shape index (κ2) is 5.48. The summed E-state index contributed by atoms with van der Waals surface area (Å²) < 4.78 is 0. The third kappa shape index (κ3) is 2.65. The molecule has 0 aromatic heterocycles. The van der Waals surface area contributed by atoms with Crippen molar-refractivity contribution in [2.75, 3.05) is 11.9 Å². The van der Waals surface area contributed by atoms with Crippen molar-refractivity contribution in [3.8, 4) is 11.1 Å². The van der Waals surface area contributed by atoms with Crippen LogP contribution in [0.5, 0.6) is 0 Å². The Balaban J connectivity index is 1.89. The third-order valence-electron chi connectivity index (χ3n) is 3.87. The first-order chi connectivity index (χ1) is 9.36. The molecule has 1 aliphatic heterocycles. The first kappa shape index (κ1) is 12.3. The van der Waals surface area contributed by atoms with Crippen molar-refractivity contribution in [2.24, 2.45) is 0 Å². The summed E-state index contributed by atoms with van der Waals surface area (Å²) in [5.41, 5.74) is 6.84. The van der Waals surface area contributed by atoms with Gasteiger partial charge in [-0.2, -0.15) is 0 Å². The van der Waals surface area contributed by atoms with Gasteiger partial charge in [0.1, 0.15) is 0 Å². The molecule has 1 heteroatoms. The van der Waals surface area contributed by atoms with Crippen molar-refractivity contribution in [1.29, 1.82) is 0 Å². The number of hydrogen-bond acceptors (Lipinski definition) is 1. The lowest BCUT2D eigenvalue weighted by Gasteiger charge is -2.18. The van der Waals surface area contributed by atoms with Gasteiger partial charge in [-0.15, -0.1) is 0 Å². The molecule has 19 heavy (non-hydrogen) atoms. The first-order valence-electron chi connectivity index (χ1n) is 7.33. The van der Waals surface area contributed by atoms with Gasteiger partial charge in [-0.3, -0.25) is 0 Å². The predicted molar refractivity (Wildman–Crippen MR) is 82.7 cm³/mol. The van der Waals surface area contributed by atoms with Gasteiger partial charge in [0.25, 0.3) is 0 Å². The van der Waals surface area contributed by atoms with E-state index in [-0.39, 0.29) is 0 Å². The molecule has 98 valence electrons. The average molecular weight is 251 g/mol. The van der Waals surface area contributed by atoms with Crippen LogP contribution in [0.3, 0.4) is 0 Å². The van der Waals surface area contributed by atoms with Crippen LogP contribution < -0.4 is 5.32 Å². The van der Waals surface area contributed by atoms with E-state index in [1.54, 1.807) is 0 Å². The van der Waals surface area contributed by atoms with E-state index >= 15 is 0 Å². The summed E-state index contributed by atoms with van der Waals surface area (Å²) in [4.78, 5) is 0. The van der Waals surface area contributed by atoms with Gasteiger partial charge in [-0.1, -0.05) is 49.7 Å². The largest absolute Gasteiger partial charge is 0.385 e. The topological polar surface area (TPSA) is 12.0 Å². The molecule has 3 rings (SSSR count). The number of benzene rings is 2. The molecule has 2 aromatic carbocycles. The summed E-state index contributed by atoms with van der Waals surface area (Å²) in [7, 11) is 0. The smallest absolute Gasteiger partial charge is 0.0378 e. The van der Waals surface area contributed by atoms with Crippen molar-refractivity contribution in [3.63, 3.8) is 0 Å². The molecule has 1 nitrogen and oxygen atoms in total. The van der Waals surface area contributed by atoms with Gasteiger partial charge >= 0.3 is 0 Å². The van der Waals surface area contributed by atoms with Crippen LogP contribution in [0.4, 0.5) is 5.69 Å². The second-order valence-electron chi connectivity index (χ2n) is 5.35. The summed E-state index contributed by atoms with van der Waals surface area (Å²) in [5, 5.41) is 3.50. The summed E-state index contributed by atoms with van der Waals surface area (Å²) in [6.07, 6.45) is 4.84. The minimum atomic E-state index is 1.10. The molecule has 0 bridgehead atoms. The van der Waals surface area contributed by atoms with Gasteiger partial charge in [0, 0.05) is 12.2 Å². The van der Waals surface area contributed by atoms with Gasteiger partial charge in [0.05, 0.1) is 0 Å². The normalized spacial score (nSPS) is 13.7. The molecule has 0 radical (unpaired) electrons. The quantitative estimate of drug-likeness (QED) is 0.836. The van der Waals surface area contributed by atoms with Crippen molar-refractivity contribution in [3.05, 3.63) is 53.6 Å². The Hall–Kier alpha value is -1.76. The minimum absolute atomic E-state index is 1.10. The molecule has 0 saturated carbocycles. The number of fused-ring (bicyclic) bond motifs is 1. The van der Waals surface area contributed by atoms with Crippen molar-refractivity contribution in [1.82, 2.24) is 0 Å². The van der Waals surface area contributed by atoms with E-state index in [9.17, 15) is 0 Å². The van der Waals surface area contributed by atoms with Crippen LogP contribution in [0.15, 0.2) is 42.5 Å². The zero-order chi connectivity index (χ0) is 13.1. The van der Waals surface area contributed by atoms with E-state index in [1.165, 1.54) is 53.6 Å². The predicted octanol–water partition coefficient (Wildman–Crippen LogP) is 4.66. The van der Waals surface area contributed by atoms with Gasteiger partial charge < -0.3 is 5.32 Å². The molecule has 0 amide bonds. The van der Waals surface area contributed by atoms with Crippen LogP contribution in [0.25, 0.3) is 11.1 Å². The molecule has 0 saturated heterocycles. The standard InChI is InChI=1S/C18H21N/c1-2-4-14-6-8-15(9-7-14)17-11-10-16-5-3-12-19-18(16)13-17/h6-11,13,19H,2-5,12H2,1H3. The highest BCUT2D eigenvalue weighted by Crippen LogP contribution is 2.28. The summed E-state index contributed by atoms with van der Waals surface area (Å²) in [6, 6.07) is 15.8. The lowest BCUT2D eigenvalue weighted by Crippen LogP contribution is -2.11. The molecule has 1 heterocycles. The Kier molecular flexibility index (Phi) is 3.54. The second-order valence-corrected chi connectivity index (χ2v) is 5.35. The number of nitrogens with one attached hydrogen (secondary N) is 1. The van der Waals surface area contributed by atoms with E-state index in [1.807, 2.05) is 0 Å². The fourth-order valence-corrected chi connectivity index (χ4v) is 2.79. The van der Waals surface area contributed by atoms with Crippen LogP contribution in [0.2, 0.25) is 0 Å². The van der Waals surface area contributed by atoms with Crippen molar-refractivity contribution >= 4 is 5.69 Å².